The molecule has 0 aromatic rings. The van der Waals surface area contributed by atoms with Gasteiger partial charge in [-0.25, -0.2) is 0 Å². The zero-order valence-corrected chi connectivity index (χ0v) is 9.23. The van der Waals surface area contributed by atoms with Crippen LogP contribution >= 0.6 is 0 Å². The van der Waals surface area contributed by atoms with E-state index in [2.05, 4.69) is 12.2 Å². The standard InChI is InChI=1S/C9H19NO2S/c1-8(7-13(2)11)10-9-3-5-12-6-4-9/h8-10H,3-7H2,1-2H3. The predicted molar refractivity (Wildman–Crippen MR) is 55.4 cm³/mol. The summed E-state index contributed by atoms with van der Waals surface area (Å²) >= 11 is 0. The van der Waals surface area contributed by atoms with Crippen molar-refractivity contribution in [3.05, 3.63) is 0 Å². The molecule has 0 spiro atoms. The molecule has 2 atom stereocenters. The van der Waals surface area contributed by atoms with Gasteiger partial charge in [0, 0.05) is 48.1 Å². The van der Waals surface area contributed by atoms with Crippen molar-refractivity contribution in [3.8, 4) is 0 Å². The molecular formula is C9H19NO2S. The third-order valence-electron chi connectivity index (χ3n) is 2.23. The second-order valence-corrected chi connectivity index (χ2v) is 5.17. The van der Waals surface area contributed by atoms with Gasteiger partial charge in [-0.2, -0.15) is 0 Å². The van der Waals surface area contributed by atoms with Gasteiger partial charge in [-0.1, -0.05) is 0 Å². The SMILES string of the molecule is CC(CS(C)=O)NC1CCOCC1. The maximum Gasteiger partial charge on any atom is 0.0480 e. The molecule has 0 amide bonds. The summed E-state index contributed by atoms with van der Waals surface area (Å²) in [6.45, 7) is 3.82. The lowest BCUT2D eigenvalue weighted by atomic mass is 10.1. The minimum atomic E-state index is -0.694. The van der Waals surface area contributed by atoms with E-state index in [1.54, 1.807) is 6.26 Å². The molecular weight excluding hydrogens is 186 g/mol. The van der Waals surface area contributed by atoms with Crippen molar-refractivity contribution in [2.45, 2.75) is 31.8 Å². The highest BCUT2D eigenvalue weighted by Crippen LogP contribution is 2.07. The fourth-order valence-corrected chi connectivity index (χ4v) is 2.47. The van der Waals surface area contributed by atoms with E-state index in [0.29, 0.717) is 12.1 Å². The van der Waals surface area contributed by atoms with Crippen LogP contribution in [0.4, 0.5) is 0 Å². The Balaban J connectivity index is 2.18. The minimum absolute atomic E-state index is 0.355. The van der Waals surface area contributed by atoms with Crippen LogP contribution in [0, 0.1) is 0 Å². The maximum atomic E-state index is 10.9. The van der Waals surface area contributed by atoms with E-state index in [1.807, 2.05) is 0 Å². The molecule has 1 N–H and O–H groups in total. The van der Waals surface area contributed by atoms with Gasteiger partial charge in [0.1, 0.15) is 0 Å². The predicted octanol–water partition coefficient (Wildman–Crippen LogP) is 0.522. The molecule has 4 heteroatoms. The van der Waals surface area contributed by atoms with Crippen LogP contribution in [-0.2, 0) is 15.5 Å². The van der Waals surface area contributed by atoms with Crippen molar-refractivity contribution in [3.63, 3.8) is 0 Å². The Hall–Kier alpha value is 0.0700. The summed E-state index contributed by atoms with van der Waals surface area (Å²) < 4.78 is 16.2. The van der Waals surface area contributed by atoms with Crippen LogP contribution < -0.4 is 5.32 Å². The Morgan fingerprint density at radius 3 is 2.69 bits per heavy atom. The topological polar surface area (TPSA) is 38.3 Å². The van der Waals surface area contributed by atoms with Crippen LogP contribution in [0.25, 0.3) is 0 Å². The van der Waals surface area contributed by atoms with Crippen molar-refractivity contribution >= 4 is 10.8 Å². The van der Waals surface area contributed by atoms with Gasteiger partial charge in [0.05, 0.1) is 0 Å². The first-order valence-corrected chi connectivity index (χ1v) is 6.55. The summed E-state index contributed by atoms with van der Waals surface area (Å²) in [5.74, 6) is 0.747. The third-order valence-corrected chi connectivity index (χ3v) is 3.20. The zero-order valence-electron chi connectivity index (χ0n) is 8.41. The van der Waals surface area contributed by atoms with Gasteiger partial charge in [-0.15, -0.1) is 0 Å². The van der Waals surface area contributed by atoms with Gasteiger partial charge in [0.25, 0.3) is 0 Å². The first-order valence-electron chi connectivity index (χ1n) is 4.82. The van der Waals surface area contributed by atoms with Gasteiger partial charge < -0.3 is 10.1 Å². The summed E-state index contributed by atoms with van der Waals surface area (Å²) in [4.78, 5) is 0. The highest BCUT2D eigenvalue weighted by Gasteiger charge is 2.15. The molecule has 0 aliphatic carbocycles. The van der Waals surface area contributed by atoms with Crippen molar-refractivity contribution in [2.75, 3.05) is 25.2 Å². The van der Waals surface area contributed by atoms with E-state index in [1.165, 1.54) is 0 Å². The van der Waals surface area contributed by atoms with Crippen molar-refractivity contribution < 1.29 is 8.95 Å². The first-order chi connectivity index (χ1) is 6.18. The Morgan fingerprint density at radius 1 is 1.54 bits per heavy atom. The largest absolute Gasteiger partial charge is 0.381 e. The number of nitrogens with one attached hydrogen (secondary N) is 1. The Kier molecular flexibility index (Phi) is 4.91. The smallest absolute Gasteiger partial charge is 0.0480 e. The van der Waals surface area contributed by atoms with E-state index in [9.17, 15) is 4.21 Å². The molecule has 0 bridgehead atoms. The summed E-state index contributed by atoms with van der Waals surface area (Å²) in [5, 5.41) is 3.48. The molecule has 0 radical (unpaired) electrons. The zero-order chi connectivity index (χ0) is 9.68. The number of hydrogen-bond acceptors (Lipinski definition) is 3. The first kappa shape index (κ1) is 11.1. The average Bonchev–Trinajstić information content (AvgIpc) is 2.04. The molecule has 1 aliphatic heterocycles. The van der Waals surface area contributed by atoms with Crippen molar-refractivity contribution in [2.24, 2.45) is 0 Å². The lowest BCUT2D eigenvalue weighted by Gasteiger charge is -2.26. The highest BCUT2D eigenvalue weighted by atomic mass is 32.2. The van der Waals surface area contributed by atoms with Gasteiger partial charge in [0.15, 0.2) is 0 Å². The number of rotatable bonds is 4. The quantitative estimate of drug-likeness (QED) is 0.727. The highest BCUT2D eigenvalue weighted by molar-refractivity contribution is 7.84. The fraction of sp³-hybridized carbons (Fsp3) is 1.00. The summed E-state index contributed by atoms with van der Waals surface area (Å²) in [6, 6.07) is 0.918. The van der Waals surface area contributed by atoms with Crippen LogP contribution in [0.3, 0.4) is 0 Å². The second kappa shape index (κ2) is 5.73. The van der Waals surface area contributed by atoms with Crippen molar-refractivity contribution in [1.82, 2.24) is 5.32 Å². The summed E-state index contributed by atoms with van der Waals surface area (Å²) in [5.41, 5.74) is 0. The Morgan fingerprint density at radius 2 is 2.15 bits per heavy atom. The van der Waals surface area contributed by atoms with Crippen LogP contribution in [-0.4, -0.2) is 41.5 Å². The van der Waals surface area contributed by atoms with E-state index in [-0.39, 0.29) is 0 Å². The van der Waals surface area contributed by atoms with E-state index in [4.69, 9.17) is 4.74 Å². The van der Waals surface area contributed by atoms with Gasteiger partial charge in [0.2, 0.25) is 0 Å². The van der Waals surface area contributed by atoms with Crippen LogP contribution in [0.5, 0.6) is 0 Å². The Bertz CT molecular complexity index is 169. The molecule has 13 heavy (non-hydrogen) atoms. The van der Waals surface area contributed by atoms with E-state index in [0.717, 1.165) is 31.8 Å². The fourth-order valence-electron chi connectivity index (χ4n) is 1.67. The number of hydrogen-bond donors (Lipinski definition) is 1. The van der Waals surface area contributed by atoms with Gasteiger partial charge in [-0.05, 0) is 19.8 Å². The van der Waals surface area contributed by atoms with Crippen LogP contribution in [0.1, 0.15) is 19.8 Å². The molecule has 0 saturated carbocycles. The van der Waals surface area contributed by atoms with E-state index >= 15 is 0 Å². The molecule has 3 nitrogen and oxygen atoms in total. The van der Waals surface area contributed by atoms with Crippen LogP contribution in [0.15, 0.2) is 0 Å². The maximum absolute atomic E-state index is 10.9. The van der Waals surface area contributed by atoms with E-state index < -0.39 is 10.8 Å². The normalized spacial score (nSPS) is 24.2. The molecule has 1 saturated heterocycles. The Labute approximate surface area is 82.7 Å². The molecule has 0 aromatic heterocycles. The molecule has 1 fully saturated rings. The second-order valence-electron chi connectivity index (χ2n) is 3.69. The van der Waals surface area contributed by atoms with Gasteiger partial charge in [-0.3, -0.25) is 4.21 Å². The molecule has 78 valence electrons. The molecule has 1 heterocycles. The molecule has 1 aliphatic rings. The average molecular weight is 205 g/mol. The molecule has 0 aromatic carbocycles. The monoisotopic (exact) mass is 205 g/mol. The third kappa shape index (κ3) is 4.74. The summed E-state index contributed by atoms with van der Waals surface area (Å²) in [7, 11) is -0.694. The molecule has 1 rings (SSSR count). The molecule has 2 unspecified atom stereocenters. The minimum Gasteiger partial charge on any atom is -0.381 e. The summed E-state index contributed by atoms with van der Waals surface area (Å²) in [6.07, 6.45) is 3.92. The van der Waals surface area contributed by atoms with Crippen LogP contribution in [0.2, 0.25) is 0 Å². The van der Waals surface area contributed by atoms with Gasteiger partial charge >= 0.3 is 0 Å². The lowest BCUT2D eigenvalue weighted by Crippen LogP contribution is -2.42. The lowest BCUT2D eigenvalue weighted by molar-refractivity contribution is 0.0761. The number of ether oxygens (including phenoxy) is 1. The van der Waals surface area contributed by atoms with Crippen molar-refractivity contribution in [1.29, 1.82) is 0 Å².